The number of ether oxygens (including phenoxy) is 1. The van der Waals surface area contributed by atoms with E-state index in [2.05, 4.69) is 15.9 Å². The summed E-state index contributed by atoms with van der Waals surface area (Å²) in [5.74, 6) is -0.737. The average molecular weight is 485 g/mol. The van der Waals surface area contributed by atoms with Gasteiger partial charge >= 0.3 is 5.97 Å². The molecule has 0 aliphatic carbocycles. The molecule has 2 amide bonds. The van der Waals surface area contributed by atoms with Crippen LogP contribution < -0.4 is 4.90 Å². The van der Waals surface area contributed by atoms with Crippen LogP contribution in [0.15, 0.2) is 58.0 Å². The maximum atomic E-state index is 13.0. The maximum Gasteiger partial charge on any atom is 0.325 e. The first-order valence-corrected chi connectivity index (χ1v) is 10.7. The molecule has 0 saturated carbocycles. The molecular weight excluding hydrogens is 468 g/mol. The fraction of sp³-hybridized carbons (Fsp3) is 0.136. The van der Waals surface area contributed by atoms with Gasteiger partial charge in [-0.1, -0.05) is 33.6 Å². The number of fused-ring (bicyclic) bond motifs is 1. The van der Waals surface area contributed by atoms with Gasteiger partial charge in [0.05, 0.1) is 17.7 Å². The highest BCUT2D eigenvalue weighted by Crippen LogP contribution is 2.37. The van der Waals surface area contributed by atoms with E-state index in [0.29, 0.717) is 10.6 Å². The van der Waals surface area contributed by atoms with Gasteiger partial charge in [0, 0.05) is 27.1 Å². The van der Waals surface area contributed by atoms with Crippen molar-refractivity contribution in [3.63, 3.8) is 0 Å². The number of nitrogens with zero attached hydrogens (tertiary/aromatic N) is 2. The first-order valence-electron chi connectivity index (χ1n) is 9.07. The Balaban J connectivity index is 1.75. The number of amides is 2. The Labute approximate surface area is 185 Å². The summed E-state index contributed by atoms with van der Waals surface area (Å²) in [5, 5.41) is 0.519. The van der Waals surface area contributed by atoms with Crippen LogP contribution in [0.1, 0.15) is 11.1 Å². The van der Waals surface area contributed by atoms with E-state index in [1.54, 1.807) is 29.0 Å². The number of hydrogen-bond acceptors (Lipinski definition) is 5. The smallest absolute Gasteiger partial charge is 0.325 e. The number of hydrogen-bond donors (Lipinski definition) is 0. The molecule has 0 spiro atoms. The minimum atomic E-state index is -0.374. The van der Waals surface area contributed by atoms with E-state index >= 15 is 0 Å². The molecule has 6 nitrogen and oxygen atoms in total. The summed E-state index contributed by atoms with van der Waals surface area (Å²) in [6.07, 6.45) is 3.48. The lowest BCUT2D eigenvalue weighted by molar-refractivity contribution is -0.141. The number of imide groups is 1. The first-order chi connectivity index (χ1) is 14.4. The number of anilines is 1. The number of rotatable bonds is 4. The number of benzene rings is 2. The zero-order valence-corrected chi connectivity index (χ0v) is 18.6. The highest BCUT2D eigenvalue weighted by molar-refractivity contribution is 9.10. The third-order valence-corrected chi connectivity index (χ3v) is 6.14. The third kappa shape index (κ3) is 3.80. The summed E-state index contributed by atoms with van der Waals surface area (Å²) < 4.78 is 7.41. The summed E-state index contributed by atoms with van der Waals surface area (Å²) in [5.41, 5.74) is 3.16. The van der Waals surface area contributed by atoms with E-state index in [-0.39, 0.29) is 23.7 Å². The van der Waals surface area contributed by atoms with Gasteiger partial charge in [-0.2, -0.15) is 0 Å². The van der Waals surface area contributed by atoms with Gasteiger partial charge in [-0.25, -0.2) is 4.90 Å². The van der Waals surface area contributed by atoms with Crippen molar-refractivity contribution in [3.05, 3.63) is 69.2 Å². The predicted molar refractivity (Wildman–Crippen MR) is 121 cm³/mol. The van der Waals surface area contributed by atoms with Gasteiger partial charge < -0.3 is 9.30 Å². The number of methoxy groups -OCH3 is 1. The van der Waals surface area contributed by atoms with Gasteiger partial charge in [0.1, 0.15) is 6.54 Å². The van der Waals surface area contributed by atoms with Crippen molar-refractivity contribution in [2.75, 3.05) is 12.0 Å². The van der Waals surface area contributed by atoms with Crippen molar-refractivity contribution in [3.8, 4) is 0 Å². The topological polar surface area (TPSA) is 68.6 Å². The third-order valence-electron chi connectivity index (χ3n) is 4.77. The van der Waals surface area contributed by atoms with Gasteiger partial charge in [0.2, 0.25) is 0 Å². The number of aryl methyl sites for hydroxylation is 1. The van der Waals surface area contributed by atoms with E-state index < -0.39 is 0 Å². The van der Waals surface area contributed by atoms with Crippen LogP contribution >= 0.6 is 27.7 Å². The van der Waals surface area contributed by atoms with Crippen molar-refractivity contribution in [2.24, 2.45) is 0 Å². The van der Waals surface area contributed by atoms with Crippen LogP contribution in [0, 0.1) is 6.92 Å². The maximum absolute atomic E-state index is 13.0. The Morgan fingerprint density at radius 2 is 1.90 bits per heavy atom. The lowest BCUT2D eigenvalue weighted by Gasteiger charge is -2.12. The normalized spacial score (nSPS) is 15.4. The zero-order chi connectivity index (χ0) is 21.4. The number of esters is 1. The van der Waals surface area contributed by atoms with Crippen LogP contribution in [0.3, 0.4) is 0 Å². The van der Waals surface area contributed by atoms with Crippen molar-refractivity contribution < 1.29 is 19.1 Å². The molecular formula is C22H17BrN2O4S. The number of halogens is 1. The summed E-state index contributed by atoms with van der Waals surface area (Å²) >= 11 is 4.37. The predicted octanol–water partition coefficient (Wildman–Crippen LogP) is 5.13. The van der Waals surface area contributed by atoms with Crippen LogP contribution in [0.25, 0.3) is 17.0 Å². The molecule has 1 aromatic heterocycles. The lowest BCUT2D eigenvalue weighted by Crippen LogP contribution is -2.27. The van der Waals surface area contributed by atoms with E-state index in [9.17, 15) is 14.4 Å². The summed E-state index contributed by atoms with van der Waals surface area (Å²) in [6.45, 7) is 1.99. The number of carbonyl (C=O) groups is 3. The zero-order valence-electron chi connectivity index (χ0n) is 16.2. The largest absolute Gasteiger partial charge is 0.468 e. The first kappa shape index (κ1) is 20.4. The minimum Gasteiger partial charge on any atom is -0.468 e. The Morgan fingerprint density at radius 1 is 1.17 bits per heavy atom. The quantitative estimate of drug-likeness (QED) is 0.379. The summed E-state index contributed by atoms with van der Waals surface area (Å²) in [7, 11) is 1.34. The number of carbonyl (C=O) groups excluding carboxylic acids is 3. The Bertz CT molecular complexity index is 1210. The highest BCUT2D eigenvalue weighted by Gasteiger charge is 2.36. The van der Waals surface area contributed by atoms with Gasteiger partial charge in [-0.15, -0.1) is 0 Å². The summed E-state index contributed by atoms with van der Waals surface area (Å²) in [6, 6.07) is 12.9. The number of thioether (sulfide) groups is 1. The molecule has 2 aromatic carbocycles. The molecule has 1 saturated heterocycles. The van der Waals surface area contributed by atoms with Crippen LogP contribution in [-0.4, -0.2) is 28.8 Å². The van der Waals surface area contributed by atoms with Gasteiger partial charge in [0.25, 0.3) is 11.1 Å². The second kappa shape index (κ2) is 8.12. The average Bonchev–Trinajstić information content (AvgIpc) is 3.19. The monoisotopic (exact) mass is 484 g/mol. The van der Waals surface area contributed by atoms with Crippen LogP contribution in [0.5, 0.6) is 0 Å². The molecule has 8 heteroatoms. The molecule has 4 rings (SSSR count). The van der Waals surface area contributed by atoms with Gasteiger partial charge in [-0.3, -0.25) is 14.4 Å². The second-order valence-corrected chi connectivity index (χ2v) is 8.71. The SMILES string of the molecule is COC(=O)Cn1cc(/C=C2\SC(=O)N(c3ccc(C)cc3)C2=O)c2cc(Br)ccc21. The van der Waals surface area contributed by atoms with Crippen LogP contribution in [-0.2, 0) is 20.9 Å². The molecule has 0 radical (unpaired) electrons. The summed E-state index contributed by atoms with van der Waals surface area (Å²) in [4.78, 5) is 38.8. The molecule has 30 heavy (non-hydrogen) atoms. The van der Waals surface area contributed by atoms with Crippen molar-refractivity contribution in [2.45, 2.75) is 13.5 Å². The minimum absolute atomic E-state index is 0.0489. The molecule has 0 unspecified atom stereocenters. The lowest BCUT2D eigenvalue weighted by atomic mass is 10.1. The molecule has 0 N–H and O–H groups in total. The Morgan fingerprint density at radius 3 is 2.60 bits per heavy atom. The van der Waals surface area contributed by atoms with Gasteiger partial charge in [0.15, 0.2) is 0 Å². The molecule has 0 bridgehead atoms. The standard InChI is InChI=1S/C22H17BrN2O4S/c1-13-3-6-16(7-4-13)25-21(27)19(30-22(25)28)9-14-11-24(12-20(26)29-2)18-8-5-15(23)10-17(14)18/h3-11H,12H2,1-2H3/b19-9-. The van der Waals surface area contributed by atoms with E-state index in [1.807, 2.05) is 37.3 Å². The Kier molecular flexibility index (Phi) is 5.53. The van der Waals surface area contributed by atoms with Gasteiger partial charge in [-0.05, 0) is 55.1 Å². The number of aromatic nitrogens is 1. The van der Waals surface area contributed by atoms with E-state index in [0.717, 1.165) is 38.3 Å². The van der Waals surface area contributed by atoms with Crippen LogP contribution in [0.4, 0.5) is 10.5 Å². The van der Waals surface area contributed by atoms with Crippen molar-refractivity contribution in [1.29, 1.82) is 0 Å². The molecule has 2 heterocycles. The molecule has 1 aliphatic rings. The highest BCUT2D eigenvalue weighted by atomic mass is 79.9. The molecule has 152 valence electrons. The van der Waals surface area contributed by atoms with E-state index in [1.165, 1.54) is 12.0 Å². The molecule has 1 fully saturated rings. The second-order valence-electron chi connectivity index (χ2n) is 6.80. The Hall–Kier alpha value is -2.84. The van der Waals surface area contributed by atoms with Crippen LogP contribution in [0.2, 0.25) is 0 Å². The van der Waals surface area contributed by atoms with Crippen molar-refractivity contribution in [1.82, 2.24) is 4.57 Å². The fourth-order valence-electron chi connectivity index (χ4n) is 3.27. The van der Waals surface area contributed by atoms with Crippen molar-refractivity contribution >= 4 is 67.5 Å². The van der Waals surface area contributed by atoms with E-state index in [4.69, 9.17) is 4.74 Å². The molecule has 3 aromatic rings. The molecule has 1 aliphatic heterocycles. The fourth-order valence-corrected chi connectivity index (χ4v) is 4.47. The molecule has 0 atom stereocenters.